The van der Waals surface area contributed by atoms with E-state index in [0.717, 1.165) is 27.8 Å². The van der Waals surface area contributed by atoms with Crippen LogP contribution in [0.15, 0.2) is 98.5 Å². The Morgan fingerprint density at radius 1 is 0.875 bits per heavy atom. The molecule has 4 heterocycles. The van der Waals surface area contributed by atoms with Gasteiger partial charge in [0.2, 0.25) is 10.9 Å². The van der Waals surface area contributed by atoms with E-state index in [1.54, 1.807) is 23.1 Å². The minimum atomic E-state index is -1.85. The number of aryl methyl sites for hydroxylation is 3. The highest BCUT2D eigenvalue weighted by Crippen LogP contribution is 2.55. The molecule has 1 unspecified atom stereocenters. The standard InChI is InChI=1S/C37H27ClN4O4S2/c1-20-8-6-9-23(14-20)18-41-28-13-5-4-12-27(28)37(34(41)45)30-31(43)26-15-21(2)22(3)16-29(26)46-32(30)33(44)42(37)35-39-40-36(48-35)47-19-24-10-7-11-25(38)17-24/h4-17H,18-19H2,1-3H3. The average Bonchev–Trinajstić information content (AvgIpc) is 3.70. The smallest absolute Gasteiger partial charge is 0.297 e. The molecule has 4 aromatic carbocycles. The molecular formula is C37H27ClN4O4S2. The summed E-state index contributed by atoms with van der Waals surface area (Å²) in [4.78, 5) is 47.5. The van der Waals surface area contributed by atoms with Gasteiger partial charge in [-0.25, -0.2) is 0 Å². The predicted octanol–water partition coefficient (Wildman–Crippen LogP) is 7.97. The zero-order chi connectivity index (χ0) is 33.3. The van der Waals surface area contributed by atoms with Gasteiger partial charge < -0.3 is 9.32 Å². The first kappa shape index (κ1) is 30.6. The van der Waals surface area contributed by atoms with E-state index in [2.05, 4.69) is 10.2 Å². The number of thioether (sulfide) groups is 1. The molecule has 48 heavy (non-hydrogen) atoms. The molecule has 2 aromatic heterocycles. The van der Waals surface area contributed by atoms with Crippen LogP contribution in [0.1, 0.15) is 49.5 Å². The van der Waals surface area contributed by atoms with Crippen LogP contribution < -0.4 is 15.2 Å². The number of carbonyl (C=O) groups is 2. The second-order valence-corrected chi connectivity index (χ2v) is 14.7. The fraction of sp³-hybridized carbons (Fsp3) is 0.162. The van der Waals surface area contributed by atoms with Crippen LogP contribution in [0.2, 0.25) is 5.02 Å². The lowest BCUT2D eigenvalue weighted by Crippen LogP contribution is -2.53. The number of para-hydroxylation sites is 1. The van der Waals surface area contributed by atoms with Crippen molar-refractivity contribution in [2.75, 3.05) is 9.80 Å². The second kappa shape index (κ2) is 11.4. The van der Waals surface area contributed by atoms with Crippen LogP contribution in [0.3, 0.4) is 0 Å². The topological polar surface area (TPSA) is 96.6 Å². The third-order valence-electron chi connectivity index (χ3n) is 9.00. The van der Waals surface area contributed by atoms with Crippen LogP contribution in [0, 0.1) is 20.8 Å². The van der Waals surface area contributed by atoms with Crippen molar-refractivity contribution >= 4 is 68.3 Å². The molecule has 2 aliphatic heterocycles. The van der Waals surface area contributed by atoms with Gasteiger partial charge in [-0.1, -0.05) is 94.9 Å². The fourth-order valence-corrected chi connectivity index (χ4v) is 8.74. The summed E-state index contributed by atoms with van der Waals surface area (Å²) >= 11 is 8.82. The molecule has 8 rings (SSSR count). The van der Waals surface area contributed by atoms with E-state index < -0.39 is 22.8 Å². The van der Waals surface area contributed by atoms with E-state index in [9.17, 15) is 9.59 Å². The lowest BCUT2D eigenvalue weighted by atomic mass is 9.84. The van der Waals surface area contributed by atoms with Crippen molar-refractivity contribution in [3.05, 3.63) is 145 Å². The van der Waals surface area contributed by atoms with Crippen LogP contribution >= 0.6 is 34.7 Å². The highest BCUT2D eigenvalue weighted by atomic mass is 35.5. The van der Waals surface area contributed by atoms with Crippen molar-refractivity contribution in [3.63, 3.8) is 0 Å². The minimum absolute atomic E-state index is 0.00391. The Morgan fingerprint density at radius 2 is 1.65 bits per heavy atom. The second-order valence-electron chi connectivity index (χ2n) is 12.1. The maximum Gasteiger partial charge on any atom is 0.297 e. The Morgan fingerprint density at radius 3 is 2.46 bits per heavy atom. The molecule has 6 aromatic rings. The number of aromatic nitrogens is 2. The molecular weight excluding hydrogens is 664 g/mol. The molecule has 1 spiro atoms. The van der Waals surface area contributed by atoms with Crippen molar-refractivity contribution < 1.29 is 14.0 Å². The molecule has 8 nitrogen and oxygen atoms in total. The van der Waals surface area contributed by atoms with Gasteiger partial charge in [0.05, 0.1) is 23.2 Å². The summed E-state index contributed by atoms with van der Waals surface area (Å²) in [6, 6.07) is 26.3. The van der Waals surface area contributed by atoms with Gasteiger partial charge in [-0.3, -0.25) is 19.3 Å². The molecule has 1 atom stereocenters. The zero-order valence-corrected chi connectivity index (χ0v) is 28.5. The summed E-state index contributed by atoms with van der Waals surface area (Å²) in [5.41, 5.74) is 3.91. The molecule has 0 fully saturated rings. The summed E-state index contributed by atoms with van der Waals surface area (Å²) in [5, 5.41) is 9.98. The molecule has 0 N–H and O–H groups in total. The molecule has 0 saturated carbocycles. The van der Waals surface area contributed by atoms with Crippen molar-refractivity contribution in [1.29, 1.82) is 0 Å². The Balaban J connectivity index is 1.33. The number of nitrogens with zero attached hydrogens (tertiary/aromatic N) is 4. The number of benzene rings is 4. The summed E-state index contributed by atoms with van der Waals surface area (Å²) in [5.74, 6) is -0.647. The van der Waals surface area contributed by atoms with Gasteiger partial charge in [0, 0.05) is 16.3 Å². The van der Waals surface area contributed by atoms with E-state index in [0.29, 0.717) is 31.8 Å². The van der Waals surface area contributed by atoms with Crippen molar-refractivity contribution in [2.24, 2.45) is 0 Å². The molecule has 0 radical (unpaired) electrons. The molecule has 2 amide bonds. The van der Waals surface area contributed by atoms with Gasteiger partial charge in [-0.15, -0.1) is 10.2 Å². The highest BCUT2D eigenvalue weighted by molar-refractivity contribution is 8.00. The first-order valence-electron chi connectivity index (χ1n) is 15.3. The van der Waals surface area contributed by atoms with Crippen LogP contribution in [-0.2, 0) is 22.6 Å². The van der Waals surface area contributed by atoms with E-state index in [1.807, 2.05) is 87.5 Å². The molecule has 2 aliphatic rings. The van der Waals surface area contributed by atoms with Gasteiger partial charge in [0.25, 0.3) is 11.8 Å². The average molecular weight is 691 g/mol. The van der Waals surface area contributed by atoms with Crippen LogP contribution in [0.5, 0.6) is 0 Å². The number of anilines is 2. The number of halogens is 1. The van der Waals surface area contributed by atoms with E-state index in [1.165, 1.54) is 28.0 Å². The third-order valence-corrected chi connectivity index (χ3v) is 11.4. The number of hydrogen-bond donors (Lipinski definition) is 0. The lowest BCUT2D eigenvalue weighted by Gasteiger charge is -2.32. The summed E-state index contributed by atoms with van der Waals surface area (Å²) in [6.07, 6.45) is 0. The Hall–Kier alpha value is -4.77. The molecule has 0 bridgehead atoms. The third kappa shape index (κ3) is 4.62. The molecule has 0 saturated heterocycles. The maximum atomic E-state index is 15.2. The van der Waals surface area contributed by atoms with Crippen LogP contribution in [0.4, 0.5) is 10.8 Å². The van der Waals surface area contributed by atoms with Crippen molar-refractivity contribution in [2.45, 2.75) is 42.9 Å². The summed E-state index contributed by atoms with van der Waals surface area (Å²) in [7, 11) is 0. The van der Waals surface area contributed by atoms with E-state index >= 15 is 4.79 Å². The Labute approximate surface area is 289 Å². The summed E-state index contributed by atoms with van der Waals surface area (Å²) < 4.78 is 6.90. The maximum absolute atomic E-state index is 15.2. The van der Waals surface area contributed by atoms with Crippen LogP contribution in [0.25, 0.3) is 11.0 Å². The molecule has 0 aliphatic carbocycles. The van der Waals surface area contributed by atoms with Gasteiger partial charge in [0.1, 0.15) is 5.58 Å². The first-order valence-corrected chi connectivity index (χ1v) is 17.5. The number of hydrogen-bond acceptors (Lipinski definition) is 8. The number of carbonyl (C=O) groups excluding carboxylic acids is 2. The quantitative estimate of drug-likeness (QED) is 0.129. The van der Waals surface area contributed by atoms with Gasteiger partial charge in [0.15, 0.2) is 15.3 Å². The molecule has 11 heteroatoms. The number of rotatable bonds is 6. The predicted molar refractivity (Wildman–Crippen MR) is 189 cm³/mol. The number of amides is 2. The van der Waals surface area contributed by atoms with Gasteiger partial charge in [-0.05, 0) is 73.4 Å². The first-order chi connectivity index (χ1) is 23.2. The Bertz CT molecular complexity index is 2390. The van der Waals surface area contributed by atoms with Crippen molar-refractivity contribution in [1.82, 2.24) is 10.2 Å². The lowest BCUT2D eigenvalue weighted by molar-refractivity contribution is -0.121. The Kier molecular flexibility index (Phi) is 7.28. The molecule has 238 valence electrons. The largest absolute Gasteiger partial charge is 0.450 e. The van der Waals surface area contributed by atoms with Crippen molar-refractivity contribution in [3.8, 4) is 0 Å². The SMILES string of the molecule is Cc1cccc(CN2C(=O)C3(c4ccccc42)c2c(oc4cc(C)c(C)cc4c2=O)C(=O)N3c2nnc(SCc3cccc(Cl)c3)s2)c1. The van der Waals surface area contributed by atoms with Crippen LogP contribution in [-0.4, -0.2) is 22.0 Å². The summed E-state index contributed by atoms with van der Waals surface area (Å²) in [6.45, 7) is 6.07. The minimum Gasteiger partial charge on any atom is -0.450 e. The highest BCUT2D eigenvalue weighted by Gasteiger charge is 2.66. The van der Waals surface area contributed by atoms with E-state index in [-0.39, 0.29) is 28.6 Å². The monoisotopic (exact) mass is 690 g/mol. The number of fused-ring (bicyclic) bond motifs is 5. The fourth-order valence-electron chi connectivity index (χ4n) is 6.69. The normalized spacial score (nSPS) is 16.8. The van der Waals surface area contributed by atoms with E-state index in [4.69, 9.17) is 16.0 Å². The van der Waals surface area contributed by atoms with Gasteiger partial charge >= 0.3 is 0 Å². The van der Waals surface area contributed by atoms with Gasteiger partial charge in [-0.2, -0.15) is 0 Å². The zero-order valence-electron chi connectivity index (χ0n) is 26.1.